The summed E-state index contributed by atoms with van der Waals surface area (Å²) in [5.74, 6) is -0.236. The largest absolute Gasteiger partial charge is 0.396 e. The molecular formula is C12H15N5O3. The Hall–Kier alpha value is -2.19. The number of hydrogen-bond donors (Lipinski definition) is 4. The van der Waals surface area contributed by atoms with Crippen molar-refractivity contribution in [1.29, 1.82) is 0 Å². The van der Waals surface area contributed by atoms with Gasteiger partial charge in [0.25, 0.3) is 5.56 Å². The molecule has 8 heteroatoms. The minimum absolute atomic E-state index is 0.0258. The third-order valence-electron chi connectivity index (χ3n) is 3.58. The number of aromatic amines is 1. The van der Waals surface area contributed by atoms with Gasteiger partial charge >= 0.3 is 0 Å². The van der Waals surface area contributed by atoms with Crippen LogP contribution in [0.25, 0.3) is 11.2 Å². The summed E-state index contributed by atoms with van der Waals surface area (Å²) >= 11 is 0. The van der Waals surface area contributed by atoms with Crippen LogP contribution in [0.15, 0.2) is 23.3 Å². The maximum Gasteiger partial charge on any atom is 0.280 e. The number of nitrogens with zero attached hydrogens (tertiary/aromatic N) is 3. The molecule has 2 heterocycles. The van der Waals surface area contributed by atoms with E-state index in [0.717, 1.165) is 0 Å². The summed E-state index contributed by atoms with van der Waals surface area (Å²) < 4.78 is 1.70. The van der Waals surface area contributed by atoms with Crippen molar-refractivity contribution in [3.63, 3.8) is 0 Å². The molecule has 20 heavy (non-hydrogen) atoms. The molecule has 0 spiro atoms. The zero-order chi connectivity index (χ0) is 14.3. The molecule has 0 radical (unpaired) electrons. The van der Waals surface area contributed by atoms with Crippen LogP contribution >= 0.6 is 0 Å². The predicted molar refractivity (Wildman–Crippen MR) is 71.9 cm³/mol. The third kappa shape index (κ3) is 1.98. The van der Waals surface area contributed by atoms with E-state index >= 15 is 0 Å². The lowest BCUT2D eigenvalue weighted by Gasteiger charge is -2.27. The predicted octanol–water partition coefficient (Wildman–Crippen LogP) is -0.828. The molecule has 3 rings (SSSR count). The van der Waals surface area contributed by atoms with Gasteiger partial charge in [-0.05, 0) is 6.42 Å². The number of nitrogens with two attached hydrogens (primary N) is 1. The van der Waals surface area contributed by atoms with E-state index in [9.17, 15) is 9.90 Å². The summed E-state index contributed by atoms with van der Waals surface area (Å²) in [4.78, 5) is 22.2. The molecule has 0 aromatic carbocycles. The Balaban J connectivity index is 2.06. The lowest BCUT2D eigenvalue weighted by Crippen LogP contribution is -2.29. The Morgan fingerprint density at radius 1 is 1.50 bits per heavy atom. The van der Waals surface area contributed by atoms with Crippen molar-refractivity contribution in [3.8, 4) is 0 Å². The van der Waals surface area contributed by atoms with Gasteiger partial charge in [0, 0.05) is 5.92 Å². The van der Waals surface area contributed by atoms with Crippen LogP contribution < -0.4 is 11.3 Å². The van der Waals surface area contributed by atoms with Gasteiger partial charge in [-0.15, -0.1) is 0 Å². The first kappa shape index (κ1) is 12.8. The lowest BCUT2D eigenvalue weighted by atomic mass is 9.90. The molecule has 0 saturated carbocycles. The van der Waals surface area contributed by atoms with E-state index < -0.39 is 6.10 Å². The highest BCUT2D eigenvalue weighted by molar-refractivity contribution is 5.70. The van der Waals surface area contributed by atoms with Gasteiger partial charge in [-0.25, -0.2) is 4.98 Å². The summed E-state index contributed by atoms with van der Waals surface area (Å²) in [5, 5.41) is 19.1. The molecule has 0 saturated heterocycles. The monoisotopic (exact) mass is 277 g/mol. The van der Waals surface area contributed by atoms with Gasteiger partial charge in [-0.2, -0.15) is 4.98 Å². The van der Waals surface area contributed by atoms with Gasteiger partial charge in [-0.1, -0.05) is 12.2 Å². The summed E-state index contributed by atoms with van der Waals surface area (Å²) in [6.07, 6.45) is 4.91. The van der Waals surface area contributed by atoms with E-state index in [0.29, 0.717) is 12.1 Å². The molecule has 0 fully saturated rings. The highest BCUT2D eigenvalue weighted by Gasteiger charge is 2.26. The number of anilines is 1. The standard InChI is InChI=1S/C12H15N5O3/c13-12-15-10-9(11(20)16-12)14-5-17(10)7-2-1-6(4-18)8(19)3-7/h1-2,5-8,18-19H,3-4H2,(H3,13,15,16,20)/t6-,7+,8?/m0/s1. The number of nitrogen functional groups attached to an aromatic ring is 1. The summed E-state index contributed by atoms with van der Waals surface area (Å²) in [6.45, 7) is -0.0973. The van der Waals surface area contributed by atoms with Crippen molar-refractivity contribution in [2.45, 2.75) is 18.6 Å². The fourth-order valence-electron chi connectivity index (χ4n) is 2.47. The number of H-pyrrole nitrogens is 1. The second-order valence-corrected chi connectivity index (χ2v) is 4.88. The van der Waals surface area contributed by atoms with Crippen molar-refractivity contribution in [2.75, 3.05) is 12.3 Å². The normalized spacial score (nSPS) is 26.2. The number of rotatable bonds is 2. The molecule has 3 atom stereocenters. The molecule has 106 valence electrons. The highest BCUT2D eigenvalue weighted by Crippen LogP contribution is 2.28. The third-order valence-corrected chi connectivity index (χ3v) is 3.58. The number of aliphatic hydroxyl groups excluding tert-OH is 2. The van der Waals surface area contributed by atoms with Gasteiger partial charge in [-0.3, -0.25) is 9.78 Å². The number of allylic oxidation sites excluding steroid dienone is 1. The van der Waals surface area contributed by atoms with E-state index in [-0.39, 0.29) is 35.6 Å². The summed E-state index contributed by atoms with van der Waals surface area (Å²) in [6, 6.07) is -0.175. The molecular weight excluding hydrogens is 262 g/mol. The number of aliphatic hydroxyl groups is 2. The van der Waals surface area contributed by atoms with E-state index in [4.69, 9.17) is 10.8 Å². The van der Waals surface area contributed by atoms with E-state index in [1.54, 1.807) is 10.6 Å². The number of nitrogens with one attached hydrogen (secondary N) is 1. The summed E-state index contributed by atoms with van der Waals surface area (Å²) in [7, 11) is 0. The maximum absolute atomic E-state index is 11.7. The van der Waals surface area contributed by atoms with Crippen LogP contribution in [0.2, 0.25) is 0 Å². The van der Waals surface area contributed by atoms with E-state index in [1.165, 1.54) is 6.33 Å². The SMILES string of the molecule is Nc1nc2c(ncn2[C@@H]2C=C[C@@H](CO)C(O)C2)c(=O)[nH]1. The number of imidazole rings is 1. The minimum atomic E-state index is -0.646. The molecule has 2 aromatic heterocycles. The Kier molecular flexibility index (Phi) is 3.03. The van der Waals surface area contributed by atoms with Crippen LogP contribution in [0.4, 0.5) is 5.95 Å². The smallest absolute Gasteiger partial charge is 0.280 e. The van der Waals surface area contributed by atoms with Gasteiger partial charge in [0.05, 0.1) is 25.1 Å². The Morgan fingerprint density at radius 2 is 2.30 bits per heavy atom. The van der Waals surface area contributed by atoms with Crippen LogP contribution in [0.3, 0.4) is 0 Å². The fraction of sp³-hybridized carbons (Fsp3) is 0.417. The first-order valence-corrected chi connectivity index (χ1v) is 6.29. The van der Waals surface area contributed by atoms with Crippen LogP contribution in [-0.2, 0) is 0 Å². The van der Waals surface area contributed by atoms with Crippen LogP contribution in [0.1, 0.15) is 12.5 Å². The Morgan fingerprint density at radius 3 is 3.00 bits per heavy atom. The zero-order valence-electron chi connectivity index (χ0n) is 10.6. The summed E-state index contributed by atoms with van der Waals surface area (Å²) in [5.41, 5.74) is 5.75. The van der Waals surface area contributed by atoms with Crippen LogP contribution in [0.5, 0.6) is 0 Å². The maximum atomic E-state index is 11.7. The van der Waals surface area contributed by atoms with E-state index in [1.807, 2.05) is 6.08 Å². The average molecular weight is 277 g/mol. The van der Waals surface area contributed by atoms with Gasteiger partial charge in [0.1, 0.15) is 0 Å². The molecule has 0 amide bonds. The fourth-order valence-corrected chi connectivity index (χ4v) is 2.47. The lowest BCUT2D eigenvalue weighted by molar-refractivity contribution is 0.0702. The topological polar surface area (TPSA) is 130 Å². The number of aromatic nitrogens is 4. The van der Waals surface area contributed by atoms with Gasteiger partial charge in [0.2, 0.25) is 5.95 Å². The highest BCUT2D eigenvalue weighted by atomic mass is 16.3. The molecule has 5 N–H and O–H groups in total. The van der Waals surface area contributed by atoms with Crippen molar-refractivity contribution in [2.24, 2.45) is 5.92 Å². The zero-order valence-corrected chi connectivity index (χ0v) is 10.6. The second kappa shape index (κ2) is 4.73. The molecule has 0 bridgehead atoms. The quantitative estimate of drug-likeness (QED) is 0.530. The van der Waals surface area contributed by atoms with Gasteiger partial charge in [0.15, 0.2) is 11.2 Å². The molecule has 8 nitrogen and oxygen atoms in total. The second-order valence-electron chi connectivity index (χ2n) is 4.88. The minimum Gasteiger partial charge on any atom is -0.396 e. The molecule has 1 unspecified atom stereocenters. The number of hydrogen-bond acceptors (Lipinski definition) is 6. The van der Waals surface area contributed by atoms with Crippen LogP contribution in [0, 0.1) is 5.92 Å². The molecule has 0 aliphatic heterocycles. The molecule has 2 aromatic rings. The first-order chi connectivity index (χ1) is 9.60. The Bertz CT molecular complexity index is 719. The molecule has 1 aliphatic carbocycles. The van der Waals surface area contributed by atoms with Crippen LogP contribution in [-0.4, -0.2) is 42.4 Å². The number of fused-ring (bicyclic) bond motifs is 1. The van der Waals surface area contributed by atoms with Crippen molar-refractivity contribution < 1.29 is 10.2 Å². The first-order valence-electron chi connectivity index (χ1n) is 6.29. The van der Waals surface area contributed by atoms with Crippen molar-refractivity contribution >= 4 is 17.1 Å². The Labute approximate surface area is 113 Å². The van der Waals surface area contributed by atoms with Crippen molar-refractivity contribution in [3.05, 3.63) is 28.8 Å². The van der Waals surface area contributed by atoms with E-state index in [2.05, 4.69) is 15.0 Å². The van der Waals surface area contributed by atoms with Crippen molar-refractivity contribution in [1.82, 2.24) is 19.5 Å². The average Bonchev–Trinajstić information content (AvgIpc) is 2.82. The molecule has 1 aliphatic rings. The van der Waals surface area contributed by atoms with Gasteiger partial charge < -0.3 is 20.5 Å².